The largest absolute Gasteiger partial charge is 0.497 e. The van der Waals surface area contributed by atoms with Gasteiger partial charge in [0.05, 0.1) is 19.1 Å². The quantitative estimate of drug-likeness (QED) is 0.252. The number of nitrogens with one attached hydrogen (secondary N) is 1. The van der Waals surface area contributed by atoms with Gasteiger partial charge in [0.15, 0.2) is 0 Å². The van der Waals surface area contributed by atoms with Crippen LogP contribution in [0.5, 0.6) is 5.75 Å². The van der Waals surface area contributed by atoms with Crippen molar-refractivity contribution < 1.29 is 22.7 Å². The maximum Gasteiger partial charge on any atom is 0.243 e. The fraction of sp³-hybridized carbons (Fsp3) is 0.429. The first-order chi connectivity index (χ1) is 21.1. The van der Waals surface area contributed by atoms with E-state index in [9.17, 15) is 18.0 Å². The molecular formula is C35H45N3O5S. The highest BCUT2D eigenvalue weighted by molar-refractivity contribution is 7.92. The zero-order valence-corrected chi connectivity index (χ0v) is 26.9. The molecule has 9 heteroatoms. The zero-order chi connectivity index (χ0) is 31.5. The molecule has 1 aliphatic carbocycles. The van der Waals surface area contributed by atoms with Gasteiger partial charge < -0.3 is 15.0 Å². The lowest BCUT2D eigenvalue weighted by Crippen LogP contribution is -2.53. The van der Waals surface area contributed by atoms with Crippen molar-refractivity contribution in [3.8, 4) is 5.75 Å². The molecular weight excluding hydrogens is 574 g/mol. The number of hydrogen-bond donors (Lipinski definition) is 1. The van der Waals surface area contributed by atoms with Crippen LogP contribution in [0, 0.1) is 6.92 Å². The minimum Gasteiger partial charge on any atom is -0.497 e. The second-order valence-corrected chi connectivity index (χ2v) is 13.6. The van der Waals surface area contributed by atoms with Crippen LogP contribution >= 0.6 is 0 Å². The molecule has 236 valence electrons. The van der Waals surface area contributed by atoms with Gasteiger partial charge in [-0.3, -0.25) is 13.9 Å². The molecule has 1 saturated carbocycles. The molecule has 0 heterocycles. The van der Waals surface area contributed by atoms with Crippen LogP contribution in [0.25, 0.3) is 0 Å². The van der Waals surface area contributed by atoms with Crippen LogP contribution in [-0.4, -0.2) is 57.1 Å². The third kappa shape index (κ3) is 9.58. The monoisotopic (exact) mass is 619 g/mol. The number of carbonyl (C=O) groups excluding carboxylic acids is 2. The molecule has 44 heavy (non-hydrogen) atoms. The first-order valence-corrected chi connectivity index (χ1v) is 17.3. The maximum atomic E-state index is 14.1. The first kappa shape index (κ1) is 33.1. The summed E-state index contributed by atoms with van der Waals surface area (Å²) in [5.74, 6) is 0.213. The second kappa shape index (κ2) is 15.7. The average Bonchev–Trinajstić information content (AvgIpc) is 3.01. The van der Waals surface area contributed by atoms with Crippen LogP contribution in [0.4, 0.5) is 5.69 Å². The molecule has 0 spiro atoms. The second-order valence-electron chi connectivity index (χ2n) is 11.7. The summed E-state index contributed by atoms with van der Waals surface area (Å²) >= 11 is 0. The Morgan fingerprint density at radius 1 is 0.932 bits per heavy atom. The van der Waals surface area contributed by atoms with Crippen molar-refractivity contribution in [3.05, 3.63) is 95.6 Å². The van der Waals surface area contributed by atoms with Crippen molar-refractivity contribution >= 4 is 27.5 Å². The van der Waals surface area contributed by atoms with E-state index in [0.717, 1.165) is 48.6 Å². The summed E-state index contributed by atoms with van der Waals surface area (Å²) in [6, 6.07) is 24.0. The number of hydrogen-bond acceptors (Lipinski definition) is 5. The van der Waals surface area contributed by atoms with E-state index in [1.54, 1.807) is 29.2 Å². The van der Waals surface area contributed by atoms with E-state index in [-0.39, 0.29) is 43.8 Å². The van der Waals surface area contributed by atoms with E-state index in [4.69, 9.17) is 4.74 Å². The molecule has 0 radical (unpaired) electrons. The van der Waals surface area contributed by atoms with Gasteiger partial charge >= 0.3 is 0 Å². The minimum absolute atomic E-state index is 0.0871. The Morgan fingerprint density at radius 2 is 1.64 bits per heavy atom. The molecule has 1 fully saturated rings. The zero-order valence-electron chi connectivity index (χ0n) is 26.1. The smallest absolute Gasteiger partial charge is 0.243 e. The van der Waals surface area contributed by atoms with Crippen LogP contribution in [-0.2, 0) is 32.6 Å². The van der Waals surface area contributed by atoms with E-state index in [1.807, 2.05) is 61.5 Å². The van der Waals surface area contributed by atoms with E-state index >= 15 is 0 Å². The molecule has 3 aromatic carbocycles. The number of ether oxygens (including phenoxy) is 1. The predicted molar refractivity (Wildman–Crippen MR) is 175 cm³/mol. The Hall–Kier alpha value is -3.85. The van der Waals surface area contributed by atoms with Gasteiger partial charge in [-0.25, -0.2) is 8.42 Å². The lowest BCUT2D eigenvalue weighted by molar-refractivity contribution is -0.141. The Morgan fingerprint density at radius 3 is 2.32 bits per heavy atom. The summed E-state index contributed by atoms with van der Waals surface area (Å²) in [6.45, 7) is 2.40. The summed E-state index contributed by atoms with van der Waals surface area (Å²) in [7, 11) is -2.08. The first-order valence-electron chi connectivity index (χ1n) is 15.4. The Balaban J connectivity index is 1.59. The van der Waals surface area contributed by atoms with E-state index in [1.165, 1.54) is 17.8 Å². The van der Waals surface area contributed by atoms with Crippen molar-refractivity contribution in [3.63, 3.8) is 0 Å². The third-order valence-electron chi connectivity index (χ3n) is 8.15. The Kier molecular flexibility index (Phi) is 11.8. The summed E-state index contributed by atoms with van der Waals surface area (Å²) in [5.41, 5.74) is 3.46. The van der Waals surface area contributed by atoms with Crippen molar-refractivity contribution in [1.82, 2.24) is 10.2 Å². The molecule has 1 N–H and O–H groups in total. The molecule has 3 aromatic rings. The number of methoxy groups -OCH3 is 1. The summed E-state index contributed by atoms with van der Waals surface area (Å²) in [6.07, 6.45) is 7.16. The molecule has 2 amide bonds. The highest BCUT2D eigenvalue weighted by Crippen LogP contribution is 2.25. The predicted octanol–water partition coefficient (Wildman–Crippen LogP) is 5.64. The molecule has 1 atom stereocenters. The number of rotatable bonds is 14. The van der Waals surface area contributed by atoms with E-state index in [0.29, 0.717) is 17.9 Å². The van der Waals surface area contributed by atoms with Crippen molar-refractivity contribution in [2.45, 2.75) is 76.9 Å². The van der Waals surface area contributed by atoms with Gasteiger partial charge in [-0.1, -0.05) is 85.5 Å². The number of benzene rings is 3. The molecule has 0 bridgehead atoms. The van der Waals surface area contributed by atoms with E-state index in [2.05, 4.69) is 5.32 Å². The van der Waals surface area contributed by atoms with Crippen LogP contribution in [0.15, 0.2) is 78.9 Å². The molecule has 0 aliphatic heterocycles. The van der Waals surface area contributed by atoms with Crippen molar-refractivity contribution in [1.29, 1.82) is 0 Å². The molecule has 0 saturated heterocycles. The molecule has 0 unspecified atom stereocenters. The molecule has 8 nitrogen and oxygen atoms in total. The number of aryl methyl sites for hydroxylation is 1. The van der Waals surface area contributed by atoms with E-state index < -0.39 is 16.1 Å². The van der Waals surface area contributed by atoms with Gasteiger partial charge in [0.2, 0.25) is 21.8 Å². The number of carbonyl (C=O) groups is 2. The maximum absolute atomic E-state index is 14.1. The van der Waals surface area contributed by atoms with Gasteiger partial charge in [-0.05, 0) is 49.4 Å². The highest BCUT2D eigenvalue weighted by atomic mass is 32.2. The summed E-state index contributed by atoms with van der Waals surface area (Å²) in [4.78, 5) is 29.8. The minimum atomic E-state index is -3.61. The van der Waals surface area contributed by atoms with Gasteiger partial charge in [-0.15, -0.1) is 0 Å². The Labute approximate surface area is 262 Å². The highest BCUT2D eigenvalue weighted by Gasteiger charge is 2.32. The average molecular weight is 620 g/mol. The number of sulfonamides is 1. The van der Waals surface area contributed by atoms with Crippen LogP contribution in [0.1, 0.15) is 61.6 Å². The van der Waals surface area contributed by atoms with Gasteiger partial charge in [0, 0.05) is 38.0 Å². The topological polar surface area (TPSA) is 96.0 Å². The molecule has 4 rings (SSSR count). The van der Waals surface area contributed by atoms with Gasteiger partial charge in [0.25, 0.3) is 0 Å². The fourth-order valence-corrected chi connectivity index (χ4v) is 6.83. The van der Waals surface area contributed by atoms with Crippen LogP contribution < -0.4 is 14.4 Å². The fourth-order valence-electron chi connectivity index (χ4n) is 5.87. The van der Waals surface area contributed by atoms with Gasteiger partial charge in [0.1, 0.15) is 11.8 Å². The normalized spacial score (nSPS) is 14.4. The summed E-state index contributed by atoms with van der Waals surface area (Å²) in [5, 5.41) is 3.27. The molecule has 1 aliphatic rings. The molecule has 0 aromatic heterocycles. The lowest BCUT2D eigenvalue weighted by Gasteiger charge is -2.34. The summed E-state index contributed by atoms with van der Waals surface area (Å²) < 4.78 is 32.1. The number of anilines is 1. The van der Waals surface area contributed by atoms with Crippen molar-refractivity contribution in [2.24, 2.45) is 0 Å². The number of amides is 2. The van der Waals surface area contributed by atoms with Crippen LogP contribution in [0.3, 0.4) is 0 Å². The van der Waals surface area contributed by atoms with Gasteiger partial charge in [-0.2, -0.15) is 0 Å². The number of nitrogens with zero attached hydrogens (tertiary/aromatic N) is 2. The van der Waals surface area contributed by atoms with Crippen LogP contribution in [0.2, 0.25) is 0 Å². The lowest BCUT2D eigenvalue weighted by atomic mass is 9.94. The SMILES string of the molecule is COc1cccc(N(CCCC(=O)N(Cc2cccc(C)c2)[C@@H](Cc2ccccc2)C(=O)NC2CCCCC2)S(C)(=O)=O)c1. The standard InChI is InChI=1S/C35H45N3O5S/c1-27-13-10-16-29(23-27)26-37(33(24-28-14-6-4-7-15-28)35(40)36-30-17-8-5-9-18-30)34(39)21-12-22-38(44(3,41)42)31-19-11-20-32(25-31)43-2/h4,6-7,10-11,13-16,19-20,23,25,30,33H,5,8-9,12,17-18,21-22,24,26H2,1-3H3,(H,36,40)/t33-/m0/s1. The Bertz CT molecular complexity index is 1490. The van der Waals surface area contributed by atoms with Crippen molar-refractivity contribution in [2.75, 3.05) is 24.2 Å². The third-order valence-corrected chi connectivity index (χ3v) is 9.35.